The van der Waals surface area contributed by atoms with Crippen LogP contribution in [0.3, 0.4) is 0 Å². The van der Waals surface area contributed by atoms with Gasteiger partial charge in [-0.2, -0.15) is 0 Å². The van der Waals surface area contributed by atoms with Gasteiger partial charge >= 0.3 is 0 Å². The summed E-state index contributed by atoms with van der Waals surface area (Å²) in [7, 11) is 0. The van der Waals surface area contributed by atoms with Crippen molar-refractivity contribution in [1.29, 1.82) is 0 Å². The number of piperidine rings is 1. The molecule has 5 heteroatoms. The highest BCUT2D eigenvalue weighted by Gasteiger charge is 2.20. The van der Waals surface area contributed by atoms with Gasteiger partial charge in [-0.3, -0.25) is 4.79 Å². The second-order valence-corrected chi connectivity index (χ2v) is 5.94. The molecule has 3 heterocycles. The molecule has 1 aromatic heterocycles. The van der Waals surface area contributed by atoms with Gasteiger partial charge in [0.25, 0.3) is 0 Å². The number of rotatable bonds is 4. The number of aromatic nitrogens is 1. The van der Waals surface area contributed by atoms with Gasteiger partial charge in [0.2, 0.25) is 5.91 Å². The van der Waals surface area contributed by atoms with E-state index in [-0.39, 0.29) is 11.9 Å². The van der Waals surface area contributed by atoms with Gasteiger partial charge in [0.1, 0.15) is 5.82 Å². The largest absolute Gasteiger partial charge is 0.357 e. The van der Waals surface area contributed by atoms with Crippen LogP contribution in [-0.4, -0.2) is 36.6 Å². The van der Waals surface area contributed by atoms with E-state index in [2.05, 4.69) is 32.7 Å². The smallest absolute Gasteiger partial charge is 0.237 e. The van der Waals surface area contributed by atoms with Gasteiger partial charge in [-0.15, -0.1) is 0 Å². The average molecular weight is 288 g/mol. The van der Waals surface area contributed by atoms with Crippen LogP contribution in [0.5, 0.6) is 0 Å². The summed E-state index contributed by atoms with van der Waals surface area (Å²) in [4.78, 5) is 18.9. The van der Waals surface area contributed by atoms with Crippen LogP contribution in [0.2, 0.25) is 0 Å². The lowest BCUT2D eigenvalue weighted by atomic mass is 10.0. The van der Waals surface area contributed by atoms with Gasteiger partial charge in [0, 0.05) is 25.8 Å². The van der Waals surface area contributed by atoms with Crippen LogP contribution >= 0.6 is 0 Å². The van der Waals surface area contributed by atoms with Gasteiger partial charge in [-0.1, -0.05) is 12.5 Å². The molecule has 0 spiro atoms. The van der Waals surface area contributed by atoms with Crippen molar-refractivity contribution in [3.8, 4) is 0 Å². The molecule has 2 saturated heterocycles. The number of nitrogens with one attached hydrogen (secondary N) is 2. The fraction of sp³-hybridized carbons (Fsp3) is 0.625. The number of hydrogen-bond acceptors (Lipinski definition) is 4. The van der Waals surface area contributed by atoms with E-state index in [1.165, 1.54) is 19.3 Å². The van der Waals surface area contributed by atoms with Crippen molar-refractivity contribution < 1.29 is 4.79 Å². The summed E-state index contributed by atoms with van der Waals surface area (Å²) in [6.45, 7) is 3.72. The number of amides is 1. The van der Waals surface area contributed by atoms with Crippen LogP contribution in [0.4, 0.5) is 5.82 Å². The molecule has 1 unspecified atom stereocenters. The van der Waals surface area contributed by atoms with E-state index in [1.807, 2.05) is 6.20 Å². The molecule has 0 bridgehead atoms. The van der Waals surface area contributed by atoms with Gasteiger partial charge in [0.15, 0.2) is 0 Å². The van der Waals surface area contributed by atoms with E-state index in [9.17, 15) is 4.79 Å². The number of hydrogen-bond donors (Lipinski definition) is 2. The summed E-state index contributed by atoms with van der Waals surface area (Å²) in [6.07, 6.45) is 7.64. The predicted molar refractivity (Wildman–Crippen MR) is 83.2 cm³/mol. The Kier molecular flexibility index (Phi) is 4.70. The molecule has 1 amide bonds. The van der Waals surface area contributed by atoms with Crippen molar-refractivity contribution in [3.05, 3.63) is 23.9 Å². The fourth-order valence-electron chi connectivity index (χ4n) is 3.04. The number of carbonyl (C=O) groups is 1. The van der Waals surface area contributed by atoms with Gasteiger partial charge in [0.05, 0.1) is 6.04 Å². The fourth-order valence-corrected chi connectivity index (χ4v) is 3.04. The highest BCUT2D eigenvalue weighted by atomic mass is 16.2. The van der Waals surface area contributed by atoms with Crippen LogP contribution in [0, 0.1) is 0 Å². The molecule has 1 atom stereocenters. The monoisotopic (exact) mass is 288 g/mol. The molecule has 2 fully saturated rings. The maximum Gasteiger partial charge on any atom is 0.237 e. The first-order valence-electron chi connectivity index (χ1n) is 8.04. The summed E-state index contributed by atoms with van der Waals surface area (Å²) >= 11 is 0. The number of pyridine rings is 1. The Morgan fingerprint density at radius 2 is 2.14 bits per heavy atom. The minimum atomic E-state index is -0.0180. The van der Waals surface area contributed by atoms with Gasteiger partial charge < -0.3 is 15.5 Å². The first-order chi connectivity index (χ1) is 10.3. The van der Waals surface area contributed by atoms with Crippen LogP contribution in [0.1, 0.15) is 37.7 Å². The molecule has 1 aromatic rings. The molecular formula is C16H24N4O. The Morgan fingerprint density at radius 1 is 1.29 bits per heavy atom. The molecule has 0 aromatic carbocycles. The van der Waals surface area contributed by atoms with Crippen molar-refractivity contribution in [1.82, 2.24) is 15.6 Å². The molecule has 0 aliphatic carbocycles. The maximum atomic E-state index is 12.0. The van der Waals surface area contributed by atoms with Crippen molar-refractivity contribution in [2.75, 3.05) is 24.5 Å². The quantitative estimate of drug-likeness (QED) is 0.880. The van der Waals surface area contributed by atoms with Crippen molar-refractivity contribution in [2.45, 2.75) is 44.7 Å². The van der Waals surface area contributed by atoms with Crippen LogP contribution < -0.4 is 15.5 Å². The van der Waals surface area contributed by atoms with E-state index in [4.69, 9.17) is 0 Å². The SMILES string of the molecule is O=C(NCc1ccc(N2CCCC2)nc1)C1CCCCN1. The number of nitrogens with zero attached hydrogens (tertiary/aromatic N) is 2. The zero-order valence-corrected chi connectivity index (χ0v) is 12.5. The first-order valence-corrected chi connectivity index (χ1v) is 8.04. The lowest BCUT2D eigenvalue weighted by molar-refractivity contribution is -0.123. The van der Waals surface area contributed by atoms with Gasteiger partial charge in [-0.25, -0.2) is 4.98 Å². The topological polar surface area (TPSA) is 57.3 Å². The van der Waals surface area contributed by atoms with Gasteiger partial charge in [-0.05, 0) is 43.9 Å². The van der Waals surface area contributed by atoms with Crippen LogP contribution in [0.25, 0.3) is 0 Å². The molecular weight excluding hydrogens is 264 g/mol. The molecule has 114 valence electrons. The standard InChI is InChI=1S/C16H24N4O/c21-16(14-5-1-2-8-17-14)19-12-13-6-7-15(18-11-13)20-9-3-4-10-20/h6-7,11,14,17H,1-5,8-10,12H2,(H,19,21). The van der Waals surface area contributed by atoms with Crippen LogP contribution in [-0.2, 0) is 11.3 Å². The summed E-state index contributed by atoms with van der Waals surface area (Å²) in [5.74, 6) is 1.16. The zero-order chi connectivity index (χ0) is 14.5. The number of anilines is 1. The molecule has 0 saturated carbocycles. The summed E-state index contributed by atoms with van der Waals surface area (Å²) < 4.78 is 0. The third-order valence-corrected chi connectivity index (χ3v) is 4.33. The van der Waals surface area contributed by atoms with Crippen molar-refractivity contribution >= 4 is 11.7 Å². The van der Waals surface area contributed by atoms with E-state index in [1.54, 1.807) is 0 Å². The average Bonchev–Trinajstić information content (AvgIpc) is 3.08. The second kappa shape index (κ2) is 6.89. The minimum Gasteiger partial charge on any atom is -0.357 e. The zero-order valence-electron chi connectivity index (χ0n) is 12.5. The van der Waals surface area contributed by atoms with E-state index in [0.717, 1.165) is 43.9 Å². The predicted octanol–water partition coefficient (Wildman–Crippen LogP) is 1.44. The summed E-state index contributed by atoms with van der Waals surface area (Å²) in [5, 5.41) is 6.27. The van der Waals surface area contributed by atoms with Crippen molar-refractivity contribution in [2.24, 2.45) is 0 Å². The Labute approximate surface area is 126 Å². The van der Waals surface area contributed by atoms with Crippen molar-refractivity contribution in [3.63, 3.8) is 0 Å². The lowest BCUT2D eigenvalue weighted by Gasteiger charge is -2.22. The normalized spacial score (nSPS) is 22.3. The Bertz CT molecular complexity index is 462. The van der Waals surface area contributed by atoms with E-state index < -0.39 is 0 Å². The number of carbonyl (C=O) groups excluding carboxylic acids is 1. The molecule has 0 radical (unpaired) electrons. The Morgan fingerprint density at radius 3 is 2.81 bits per heavy atom. The molecule has 2 aliphatic heterocycles. The Hall–Kier alpha value is -1.62. The second-order valence-electron chi connectivity index (χ2n) is 5.94. The first kappa shape index (κ1) is 14.3. The minimum absolute atomic E-state index is 0.0180. The summed E-state index contributed by atoms with van der Waals surface area (Å²) in [6, 6.07) is 4.11. The molecule has 3 rings (SSSR count). The highest BCUT2D eigenvalue weighted by Crippen LogP contribution is 2.17. The molecule has 2 aliphatic rings. The summed E-state index contributed by atoms with van der Waals surface area (Å²) in [5.41, 5.74) is 1.06. The third-order valence-electron chi connectivity index (χ3n) is 4.33. The third kappa shape index (κ3) is 3.73. The maximum absolute atomic E-state index is 12.0. The Balaban J connectivity index is 1.49. The molecule has 21 heavy (non-hydrogen) atoms. The molecule has 5 nitrogen and oxygen atoms in total. The molecule has 2 N–H and O–H groups in total. The highest BCUT2D eigenvalue weighted by molar-refractivity contribution is 5.81. The lowest BCUT2D eigenvalue weighted by Crippen LogP contribution is -2.46. The van der Waals surface area contributed by atoms with E-state index >= 15 is 0 Å². The van der Waals surface area contributed by atoms with Crippen LogP contribution in [0.15, 0.2) is 18.3 Å². The van der Waals surface area contributed by atoms with E-state index in [0.29, 0.717) is 6.54 Å².